The Kier molecular flexibility index (Phi) is 3.58. The van der Waals surface area contributed by atoms with Crippen LogP contribution >= 0.6 is 0 Å². The third kappa shape index (κ3) is 2.60. The molecule has 2 heterocycles. The molecule has 0 saturated heterocycles. The lowest BCUT2D eigenvalue weighted by Gasteiger charge is -2.23. The van der Waals surface area contributed by atoms with Crippen LogP contribution < -0.4 is 4.74 Å². The molecule has 1 aromatic carbocycles. The molecule has 1 aliphatic heterocycles. The van der Waals surface area contributed by atoms with Crippen molar-refractivity contribution in [3.63, 3.8) is 0 Å². The highest BCUT2D eigenvalue weighted by Crippen LogP contribution is 2.31. The first-order valence-electron chi connectivity index (χ1n) is 6.67. The van der Waals surface area contributed by atoms with E-state index in [0.29, 0.717) is 18.1 Å². The van der Waals surface area contributed by atoms with Crippen LogP contribution in [0.4, 0.5) is 0 Å². The van der Waals surface area contributed by atoms with Crippen molar-refractivity contribution < 1.29 is 19.4 Å². The number of ether oxygens (including phenoxy) is 2. The van der Waals surface area contributed by atoms with Crippen molar-refractivity contribution in [3.05, 3.63) is 47.5 Å². The summed E-state index contributed by atoms with van der Waals surface area (Å²) >= 11 is 0. The first-order chi connectivity index (χ1) is 10.2. The zero-order chi connectivity index (χ0) is 14.8. The van der Waals surface area contributed by atoms with E-state index in [9.17, 15) is 9.90 Å². The van der Waals surface area contributed by atoms with Crippen LogP contribution in [-0.2, 0) is 16.0 Å². The Bertz CT molecular complexity index is 684. The highest BCUT2D eigenvalue weighted by atomic mass is 16.5. The Morgan fingerprint density at radius 2 is 2.24 bits per heavy atom. The van der Waals surface area contributed by atoms with E-state index in [1.807, 2.05) is 30.3 Å². The Balaban J connectivity index is 2.05. The summed E-state index contributed by atoms with van der Waals surface area (Å²) in [7, 11) is 1.56. The molecule has 108 valence electrons. The number of carbonyl (C=O) groups is 1. The van der Waals surface area contributed by atoms with Crippen LogP contribution in [0.25, 0.3) is 11.3 Å². The van der Waals surface area contributed by atoms with Gasteiger partial charge in [-0.3, -0.25) is 0 Å². The fraction of sp³-hybridized carbons (Fsp3) is 0.250. The van der Waals surface area contributed by atoms with E-state index in [2.05, 4.69) is 4.98 Å². The van der Waals surface area contributed by atoms with E-state index in [1.54, 1.807) is 13.2 Å². The number of rotatable bonds is 3. The van der Waals surface area contributed by atoms with Crippen LogP contribution in [0.5, 0.6) is 5.88 Å². The van der Waals surface area contributed by atoms with Crippen LogP contribution in [0.15, 0.2) is 36.4 Å². The van der Waals surface area contributed by atoms with Crippen LogP contribution in [0.1, 0.15) is 17.2 Å². The number of carboxylic acids is 1. The highest BCUT2D eigenvalue weighted by molar-refractivity contribution is 5.76. The molecule has 0 bridgehead atoms. The molecule has 0 aliphatic carbocycles. The summed E-state index contributed by atoms with van der Waals surface area (Å²) in [5.74, 6) is -0.442. The molecule has 1 N–H and O–H groups in total. The van der Waals surface area contributed by atoms with Crippen molar-refractivity contribution in [1.29, 1.82) is 0 Å². The van der Waals surface area contributed by atoms with Crippen LogP contribution in [0, 0.1) is 0 Å². The fourth-order valence-corrected chi connectivity index (χ4v) is 2.50. The van der Waals surface area contributed by atoms with E-state index >= 15 is 0 Å². The van der Waals surface area contributed by atoms with E-state index < -0.39 is 12.1 Å². The zero-order valence-corrected chi connectivity index (χ0v) is 11.6. The highest BCUT2D eigenvalue weighted by Gasteiger charge is 2.27. The summed E-state index contributed by atoms with van der Waals surface area (Å²) in [5.41, 5.74) is 3.31. The summed E-state index contributed by atoms with van der Waals surface area (Å²) in [6.07, 6.45) is -0.176. The predicted molar refractivity (Wildman–Crippen MR) is 76.3 cm³/mol. The van der Waals surface area contributed by atoms with Crippen molar-refractivity contribution in [2.45, 2.75) is 12.5 Å². The van der Waals surface area contributed by atoms with Gasteiger partial charge in [-0.2, -0.15) is 0 Å². The largest absolute Gasteiger partial charge is 0.481 e. The van der Waals surface area contributed by atoms with Gasteiger partial charge < -0.3 is 14.6 Å². The maximum absolute atomic E-state index is 11.3. The second-order valence-corrected chi connectivity index (χ2v) is 4.82. The van der Waals surface area contributed by atoms with Gasteiger partial charge >= 0.3 is 5.97 Å². The van der Waals surface area contributed by atoms with Gasteiger partial charge in [0.15, 0.2) is 6.10 Å². The molecule has 1 aliphatic rings. The molecule has 2 aromatic rings. The predicted octanol–water partition coefficient (Wildman–Crippen LogP) is 2.46. The molecule has 1 atom stereocenters. The van der Waals surface area contributed by atoms with Crippen molar-refractivity contribution in [3.8, 4) is 17.1 Å². The molecule has 5 nitrogen and oxygen atoms in total. The minimum absolute atomic E-state index is 0.431. The number of nitrogens with zero attached hydrogens (tertiary/aromatic N) is 1. The summed E-state index contributed by atoms with van der Waals surface area (Å²) in [5, 5.41) is 9.27. The molecule has 0 fully saturated rings. The fourth-order valence-electron chi connectivity index (χ4n) is 2.50. The van der Waals surface area contributed by atoms with Crippen molar-refractivity contribution in [1.82, 2.24) is 4.98 Å². The van der Waals surface area contributed by atoms with Gasteiger partial charge in [-0.25, -0.2) is 9.78 Å². The van der Waals surface area contributed by atoms with Crippen molar-refractivity contribution in [2.24, 2.45) is 0 Å². The molecule has 0 radical (unpaired) electrons. The van der Waals surface area contributed by atoms with Gasteiger partial charge in [0.25, 0.3) is 0 Å². The van der Waals surface area contributed by atoms with Crippen LogP contribution in [0.2, 0.25) is 0 Å². The second-order valence-electron chi connectivity index (χ2n) is 4.82. The summed E-state index contributed by atoms with van der Waals surface area (Å²) in [6.45, 7) is 0.431. The standard InChI is InChI=1S/C16H15NO4/c1-20-14-4-2-3-13(17-14)11-6-5-10-7-8-21-15(16(18)19)12(10)9-11/h2-6,9,15H,7-8H2,1H3,(H,18,19). The van der Waals surface area contributed by atoms with Gasteiger partial charge in [-0.05, 0) is 29.7 Å². The first kappa shape index (κ1) is 13.6. The first-order valence-corrected chi connectivity index (χ1v) is 6.67. The minimum atomic E-state index is -0.966. The Hall–Kier alpha value is -2.40. The second kappa shape index (κ2) is 5.54. The minimum Gasteiger partial charge on any atom is -0.481 e. The number of fused-ring (bicyclic) bond motifs is 1. The molecule has 0 spiro atoms. The average Bonchev–Trinajstić information content (AvgIpc) is 2.53. The normalized spacial score (nSPS) is 17.1. The summed E-state index contributed by atoms with van der Waals surface area (Å²) < 4.78 is 10.5. The Labute approximate surface area is 122 Å². The molecule has 0 saturated carbocycles. The number of hydrogen-bond acceptors (Lipinski definition) is 4. The molecule has 1 aromatic heterocycles. The maximum atomic E-state index is 11.3. The van der Waals surface area contributed by atoms with Gasteiger partial charge in [0.05, 0.1) is 19.4 Å². The lowest BCUT2D eigenvalue weighted by atomic mass is 9.94. The van der Waals surface area contributed by atoms with Gasteiger partial charge in [-0.1, -0.05) is 18.2 Å². The molecule has 5 heteroatoms. The summed E-state index contributed by atoms with van der Waals surface area (Å²) in [4.78, 5) is 15.7. The smallest absolute Gasteiger partial charge is 0.337 e. The van der Waals surface area contributed by atoms with Gasteiger partial charge in [-0.15, -0.1) is 0 Å². The van der Waals surface area contributed by atoms with Crippen molar-refractivity contribution >= 4 is 5.97 Å². The number of hydrogen-bond donors (Lipinski definition) is 1. The number of aromatic nitrogens is 1. The molecule has 21 heavy (non-hydrogen) atoms. The third-order valence-corrected chi connectivity index (χ3v) is 3.54. The average molecular weight is 285 g/mol. The number of pyridine rings is 1. The molecule has 1 unspecified atom stereocenters. The third-order valence-electron chi connectivity index (χ3n) is 3.54. The Morgan fingerprint density at radius 1 is 1.38 bits per heavy atom. The topological polar surface area (TPSA) is 68.7 Å². The zero-order valence-electron chi connectivity index (χ0n) is 11.6. The molecular weight excluding hydrogens is 270 g/mol. The molecular formula is C16H15NO4. The quantitative estimate of drug-likeness (QED) is 0.938. The molecule has 3 rings (SSSR count). The van der Waals surface area contributed by atoms with Crippen LogP contribution in [-0.4, -0.2) is 29.8 Å². The monoisotopic (exact) mass is 285 g/mol. The van der Waals surface area contributed by atoms with Gasteiger partial charge in [0.1, 0.15) is 0 Å². The van der Waals surface area contributed by atoms with E-state index in [0.717, 1.165) is 23.2 Å². The Morgan fingerprint density at radius 3 is 3.00 bits per heavy atom. The van der Waals surface area contributed by atoms with E-state index in [-0.39, 0.29) is 0 Å². The SMILES string of the molecule is COc1cccc(-c2ccc3c(c2)C(C(=O)O)OCC3)n1. The number of methoxy groups -OCH3 is 1. The summed E-state index contributed by atoms with van der Waals surface area (Å²) in [6, 6.07) is 11.2. The lowest BCUT2D eigenvalue weighted by molar-refractivity contribution is -0.151. The van der Waals surface area contributed by atoms with Gasteiger partial charge in [0, 0.05) is 11.6 Å². The number of aliphatic carboxylic acids is 1. The lowest BCUT2D eigenvalue weighted by Crippen LogP contribution is -2.23. The van der Waals surface area contributed by atoms with Gasteiger partial charge in [0.2, 0.25) is 5.88 Å². The van der Waals surface area contributed by atoms with E-state index in [1.165, 1.54) is 0 Å². The van der Waals surface area contributed by atoms with E-state index in [4.69, 9.17) is 9.47 Å². The molecule has 0 amide bonds. The van der Waals surface area contributed by atoms with Crippen LogP contribution in [0.3, 0.4) is 0 Å². The van der Waals surface area contributed by atoms with Crippen molar-refractivity contribution in [2.75, 3.05) is 13.7 Å². The maximum Gasteiger partial charge on any atom is 0.337 e. The number of benzene rings is 1. The number of carboxylic acid groups (broad SMARTS) is 1.